The molecule has 4 aromatic rings. The van der Waals surface area contributed by atoms with Gasteiger partial charge in [-0.25, -0.2) is 0 Å². The zero-order valence-electron chi connectivity index (χ0n) is 14.3. The van der Waals surface area contributed by atoms with Crippen molar-refractivity contribution in [3.63, 3.8) is 0 Å². The number of rotatable bonds is 2. The normalized spacial score (nSPS) is 10.9. The minimum Gasteiger partial charge on any atom is -0.508 e. The van der Waals surface area contributed by atoms with Crippen LogP contribution in [-0.2, 0) is 0 Å². The van der Waals surface area contributed by atoms with Crippen LogP contribution < -0.4 is 5.43 Å². The van der Waals surface area contributed by atoms with Gasteiger partial charge in [0.25, 0.3) is 5.91 Å². The maximum absolute atomic E-state index is 13.3. The van der Waals surface area contributed by atoms with Crippen LogP contribution in [-0.4, -0.2) is 25.7 Å². The summed E-state index contributed by atoms with van der Waals surface area (Å²) in [5.41, 5.74) is 0.528. The Bertz CT molecular complexity index is 1280. The summed E-state index contributed by atoms with van der Waals surface area (Å²) in [6.45, 7) is 0. The fourth-order valence-electron chi connectivity index (χ4n) is 3.12. The van der Waals surface area contributed by atoms with Crippen molar-refractivity contribution in [1.29, 1.82) is 0 Å². The lowest BCUT2D eigenvalue weighted by Gasteiger charge is -2.17. The van der Waals surface area contributed by atoms with Crippen molar-refractivity contribution in [2.45, 2.75) is 0 Å². The fraction of sp³-hybridized carbons (Fsp3) is 0. The van der Waals surface area contributed by atoms with Crippen LogP contribution in [0.15, 0.2) is 71.8 Å². The minimum atomic E-state index is -0.502. The highest BCUT2D eigenvalue weighted by molar-refractivity contribution is 6.33. The van der Waals surface area contributed by atoms with Gasteiger partial charge in [0.1, 0.15) is 11.5 Å². The van der Waals surface area contributed by atoms with Crippen molar-refractivity contribution in [3.8, 4) is 22.8 Å². The fourth-order valence-corrected chi connectivity index (χ4v) is 3.35. The summed E-state index contributed by atoms with van der Waals surface area (Å²) in [6, 6.07) is 13.5. The molecule has 6 nitrogen and oxygen atoms in total. The van der Waals surface area contributed by atoms with Crippen molar-refractivity contribution in [2.24, 2.45) is 0 Å². The van der Waals surface area contributed by atoms with Gasteiger partial charge in [0.2, 0.25) is 0 Å². The SMILES string of the molecule is O=C(c1cccnc1)n1c(-c2ccccc2Cl)cc(=O)c2c(O)cc(O)cc21. The van der Waals surface area contributed by atoms with Gasteiger partial charge >= 0.3 is 0 Å². The van der Waals surface area contributed by atoms with Gasteiger partial charge in [-0.15, -0.1) is 0 Å². The van der Waals surface area contributed by atoms with Gasteiger partial charge in [0, 0.05) is 41.2 Å². The first-order chi connectivity index (χ1) is 13.5. The number of phenols is 2. The summed E-state index contributed by atoms with van der Waals surface area (Å²) in [5.74, 6) is -1.19. The number of pyridine rings is 2. The monoisotopic (exact) mass is 392 g/mol. The Balaban J connectivity index is 2.17. The number of phenolic OH excluding ortho intramolecular Hbond substituents is 2. The number of fused-ring (bicyclic) bond motifs is 1. The van der Waals surface area contributed by atoms with E-state index in [0.717, 1.165) is 6.07 Å². The standard InChI is InChI=1S/C21H13ClN2O4/c22-15-6-2-1-5-14(15)16-10-19(27)20-17(8-13(25)9-18(20)26)24(16)21(28)12-4-3-7-23-11-12/h1-11,25-26H. The van der Waals surface area contributed by atoms with Crippen molar-refractivity contribution in [1.82, 2.24) is 9.55 Å². The van der Waals surface area contributed by atoms with E-state index in [-0.39, 0.29) is 27.9 Å². The molecule has 4 rings (SSSR count). The van der Waals surface area contributed by atoms with Gasteiger partial charge in [-0.3, -0.25) is 19.1 Å². The Labute approximate surface area is 163 Å². The molecule has 0 radical (unpaired) electrons. The van der Waals surface area contributed by atoms with E-state index in [1.54, 1.807) is 36.4 Å². The molecule has 28 heavy (non-hydrogen) atoms. The maximum atomic E-state index is 13.3. The lowest BCUT2D eigenvalue weighted by molar-refractivity contribution is 0.0966. The molecule has 0 aliphatic rings. The third kappa shape index (κ3) is 2.90. The third-order valence-electron chi connectivity index (χ3n) is 4.34. The second-order valence-corrected chi connectivity index (χ2v) is 6.52. The first-order valence-corrected chi connectivity index (χ1v) is 8.66. The van der Waals surface area contributed by atoms with Gasteiger partial charge in [-0.05, 0) is 18.2 Å². The van der Waals surface area contributed by atoms with Crippen LogP contribution in [0, 0.1) is 0 Å². The molecule has 0 aliphatic carbocycles. The Kier molecular flexibility index (Phi) is 4.33. The van der Waals surface area contributed by atoms with Crippen molar-refractivity contribution in [2.75, 3.05) is 0 Å². The molecular formula is C21H13ClN2O4. The molecule has 0 saturated heterocycles. The van der Waals surface area contributed by atoms with E-state index >= 15 is 0 Å². The Hall–Kier alpha value is -3.64. The molecule has 7 heteroatoms. The Morgan fingerprint density at radius 3 is 2.54 bits per heavy atom. The molecule has 0 spiro atoms. The second-order valence-electron chi connectivity index (χ2n) is 6.11. The van der Waals surface area contributed by atoms with E-state index in [2.05, 4.69) is 4.98 Å². The number of hydrogen-bond donors (Lipinski definition) is 2. The highest BCUT2D eigenvalue weighted by Crippen LogP contribution is 2.33. The molecule has 0 saturated carbocycles. The summed E-state index contributed by atoms with van der Waals surface area (Å²) < 4.78 is 1.24. The summed E-state index contributed by atoms with van der Waals surface area (Å²) in [6.07, 6.45) is 2.93. The zero-order valence-corrected chi connectivity index (χ0v) is 15.1. The minimum absolute atomic E-state index is 0.0637. The van der Waals surface area contributed by atoms with E-state index in [1.165, 1.54) is 29.1 Å². The molecular weight excluding hydrogens is 380 g/mol. The molecule has 0 atom stereocenters. The molecule has 0 aliphatic heterocycles. The molecule has 2 aromatic heterocycles. The predicted octanol–water partition coefficient (Wildman–Crippen LogP) is 3.82. The lowest BCUT2D eigenvalue weighted by atomic mass is 10.1. The second kappa shape index (κ2) is 6.83. The topological polar surface area (TPSA) is 92.4 Å². The summed E-state index contributed by atoms with van der Waals surface area (Å²) >= 11 is 6.31. The third-order valence-corrected chi connectivity index (χ3v) is 4.67. The number of aromatic hydroxyl groups is 2. The quantitative estimate of drug-likeness (QED) is 0.541. The maximum Gasteiger partial charge on any atom is 0.264 e. The van der Waals surface area contributed by atoms with E-state index in [1.807, 2.05) is 0 Å². The van der Waals surface area contributed by atoms with Crippen LogP contribution in [0.1, 0.15) is 10.4 Å². The van der Waals surface area contributed by atoms with Gasteiger partial charge in [0.05, 0.1) is 22.2 Å². The van der Waals surface area contributed by atoms with Gasteiger partial charge < -0.3 is 10.2 Å². The predicted molar refractivity (Wildman–Crippen MR) is 106 cm³/mol. The molecule has 0 bridgehead atoms. The van der Waals surface area contributed by atoms with Crippen LogP contribution >= 0.6 is 11.6 Å². The largest absolute Gasteiger partial charge is 0.508 e. The van der Waals surface area contributed by atoms with Crippen LogP contribution in [0.25, 0.3) is 22.2 Å². The summed E-state index contributed by atoms with van der Waals surface area (Å²) in [5, 5.41) is 20.4. The molecule has 2 heterocycles. The lowest BCUT2D eigenvalue weighted by Crippen LogP contribution is -2.19. The van der Waals surface area contributed by atoms with Crippen LogP contribution in [0.3, 0.4) is 0 Å². The number of carbonyl (C=O) groups is 1. The Morgan fingerprint density at radius 1 is 1.04 bits per heavy atom. The van der Waals surface area contributed by atoms with E-state index in [9.17, 15) is 19.8 Å². The van der Waals surface area contributed by atoms with Crippen LogP contribution in [0.4, 0.5) is 0 Å². The molecule has 0 fully saturated rings. The highest BCUT2D eigenvalue weighted by Gasteiger charge is 2.21. The first-order valence-electron chi connectivity index (χ1n) is 8.29. The smallest absolute Gasteiger partial charge is 0.264 e. The zero-order chi connectivity index (χ0) is 19.8. The highest BCUT2D eigenvalue weighted by atomic mass is 35.5. The van der Waals surface area contributed by atoms with Gasteiger partial charge in [-0.1, -0.05) is 29.8 Å². The molecule has 0 unspecified atom stereocenters. The summed E-state index contributed by atoms with van der Waals surface area (Å²) in [4.78, 5) is 30.0. The van der Waals surface area contributed by atoms with Gasteiger partial charge in [0.15, 0.2) is 5.43 Å². The van der Waals surface area contributed by atoms with Crippen LogP contribution in [0.5, 0.6) is 11.5 Å². The van der Waals surface area contributed by atoms with Crippen molar-refractivity contribution < 1.29 is 15.0 Å². The molecule has 138 valence electrons. The molecule has 0 amide bonds. The van der Waals surface area contributed by atoms with Crippen molar-refractivity contribution >= 4 is 28.4 Å². The molecule has 2 N–H and O–H groups in total. The van der Waals surface area contributed by atoms with E-state index < -0.39 is 17.1 Å². The Morgan fingerprint density at radius 2 is 1.82 bits per heavy atom. The van der Waals surface area contributed by atoms with Crippen molar-refractivity contribution in [3.05, 3.63) is 87.8 Å². The number of nitrogens with zero attached hydrogens (tertiary/aromatic N) is 2. The average molecular weight is 393 g/mol. The average Bonchev–Trinajstić information content (AvgIpc) is 2.68. The molecule has 2 aromatic carbocycles. The number of hydrogen-bond acceptors (Lipinski definition) is 5. The summed E-state index contributed by atoms with van der Waals surface area (Å²) in [7, 11) is 0. The van der Waals surface area contributed by atoms with Crippen LogP contribution in [0.2, 0.25) is 5.02 Å². The number of carbonyl (C=O) groups excluding carboxylic acids is 1. The van der Waals surface area contributed by atoms with E-state index in [4.69, 9.17) is 11.6 Å². The number of aromatic nitrogens is 2. The number of halogens is 1. The van der Waals surface area contributed by atoms with E-state index in [0.29, 0.717) is 10.6 Å². The number of benzene rings is 2. The first kappa shape index (κ1) is 17.8. The van der Waals surface area contributed by atoms with Gasteiger partial charge in [-0.2, -0.15) is 0 Å².